The third-order valence-electron chi connectivity index (χ3n) is 5.44. The van der Waals surface area contributed by atoms with Crippen LogP contribution in [-0.2, 0) is 24.3 Å². The topological polar surface area (TPSA) is 136 Å². The molecule has 9 nitrogen and oxygen atoms in total. The number of amides is 2. The highest BCUT2D eigenvalue weighted by molar-refractivity contribution is 7.89. The molecule has 170 valence electrons. The van der Waals surface area contributed by atoms with Gasteiger partial charge in [-0.3, -0.25) is 9.59 Å². The second kappa shape index (κ2) is 9.92. The maximum Gasteiger partial charge on any atom is 0.339 e. The van der Waals surface area contributed by atoms with E-state index in [1.54, 1.807) is 36.4 Å². The number of nitrogens with one attached hydrogen (secondary N) is 1. The van der Waals surface area contributed by atoms with Crippen molar-refractivity contribution >= 4 is 27.8 Å². The van der Waals surface area contributed by atoms with Gasteiger partial charge in [0.05, 0.1) is 17.6 Å². The normalized spacial score (nSPS) is 16.2. The van der Waals surface area contributed by atoms with E-state index in [2.05, 4.69) is 10.1 Å². The molecule has 32 heavy (non-hydrogen) atoms. The minimum atomic E-state index is -3.95. The molecule has 1 aliphatic heterocycles. The van der Waals surface area contributed by atoms with Crippen molar-refractivity contribution in [3.8, 4) is 0 Å². The predicted molar refractivity (Wildman–Crippen MR) is 116 cm³/mol. The van der Waals surface area contributed by atoms with Gasteiger partial charge in [-0.15, -0.1) is 0 Å². The van der Waals surface area contributed by atoms with E-state index < -0.39 is 33.9 Å². The van der Waals surface area contributed by atoms with Gasteiger partial charge in [-0.05, 0) is 30.5 Å². The highest BCUT2D eigenvalue weighted by atomic mass is 32.2. The molecule has 1 unspecified atom stereocenters. The summed E-state index contributed by atoms with van der Waals surface area (Å²) in [7, 11) is -2.76. The number of methoxy groups -OCH3 is 1. The molecule has 1 atom stereocenters. The van der Waals surface area contributed by atoms with Crippen molar-refractivity contribution in [2.45, 2.75) is 23.8 Å². The number of carbonyl (C=O) groups excluding carboxylic acids is 3. The van der Waals surface area contributed by atoms with Gasteiger partial charge in [0, 0.05) is 19.0 Å². The summed E-state index contributed by atoms with van der Waals surface area (Å²) in [5.41, 5.74) is 6.00. The Morgan fingerprint density at radius 2 is 1.62 bits per heavy atom. The van der Waals surface area contributed by atoms with Gasteiger partial charge in [-0.2, -0.15) is 4.31 Å². The van der Waals surface area contributed by atoms with Crippen LogP contribution in [0.25, 0.3) is 0 Å². The number of sulfonamides is 1. The van der Waals surface area contributed by atoms with Crippen molar-refractivity contribution in [3.63, 3.8) is 0 Å². The SMILES string of the molecule is COC(=O)c1ccccc1S(=O)(=O)N1CCC(C(=O)NC(C(N)=O)c2ccccc2)CC1. The van der Waals surface area contributed by atoms with Gasteiger partial charge in [0.2, 0.25) is 21.8 Å². The van der Waals surface area contributed by atoms with Gasteiger partial charge in [0.15, 0.2) is 0 Å². The van der Waals surface area contributed by atoms with E-state index in [0.29, 0.717) is 5.56 Å². The third-order valence-corrected chi connectivity index (χ3v) is 7.40. The Morgan fingerprint density at radius 1 is 1.03 bits per heavy atom. The molecule has 0 spiro atoms. The number of hydrogen-bond acceptors (Lipinski definition) is 6. The number of esters is 1. The van der Waals surface area contributed by atoms with E-state index in [1.807, 2.05) is 0 Å². The molecule has 0 aliphatic carbocycles. The number of hydrogen-bond donors (Lipinski definition) is 2. The van der Waals surface area contributed by atoms with Crippen LogP contribution in [0.1, 0.15) is 34.8 Å². The summed E-state index contributed by atoms with van der Waals surface area (Å²) in [5.74, 6) is -2.24. The Labute approximate surface area is 186 Å². The lowest BCUT2D eigenvalue weighted by Gasteiger charge is -2.31. The first kappa shape index (κ1) is 23.4. The van der Waals surface area contributed by atoms with Crippen LogP contribution in [0.15, 0.2) is 59.5 Å². The number of benzene rings is 2. The van der Waals surface area contributed by atoms with Crippen molar-refractivity contribution in [2.75, 3.05) is 20.2 Å². The molecule has 1 heterocycles. The molecular weight excluding hydrogens is 434 g/mol. The number of nitrogens with two attached hydrogens (primary N) is 1. The van der Waals surface area contributed by atoms with Crippen molar-refractivity contribution in [3.05, 3.63) is 65.7 Å². The fourth-order valence-electron chi connectivity index (χ4n) is 3.69. The van der Waals surface area contributed by atoms with Crippen molar-refractivity contribution in [1.29, 1.82) is 0 Å². The molecule has 2 amide bonds. The summed E-state index contributed by atoms with van der Waals surface area (Å²) in [6, 6.07) is 13.6. The number of carbonyl (C=O) groups is 3. The predicted octanol–water partition coefficient (Wildman–Crippen LogP) is 1.22. The van der Waals surface area contributed by atoms with Crippen LogP contribution in [0.5, 0.6) is 0 Å². The average molecular weight is 460 g/mol. The number of rotatable bonds is 7. The summed E-state index contributed by atoms with van der Waals surface area (Å²) in [6.07, 6.45) is 0.539. The molecule has 0 saturated carbocycles. The third kappa shape index (κ3) is 4.97. The molecule has 0 aromatic heterocycles. The second-order valence-corrected chi connectivity index (χ2v) is 9.33. The Kier molecular flexibility index (Phi) is 7.26. The largest absolute Gasteiger partial charge is 0.465 e. The zero-order valence-electron chi connectivity index (χ0n) is 17.6. The minimum Gasteiger partial charge on any atom is -0.465 e. The fourth-order valence-corrected chi connectivity index (χ4v) is 5.34. The number of ether oxygens (including phenoxy) is 1. The molecule has 0 bridgehead atoms. The molecule has 1 fully saturated rings. The zero-order chi connectivity index (χ0) is 23.3. The molecule has 3 rings (SSSR count). The molecular formula is C22H25N3O6S. The average Bonchev–Trinajstić information content (AvgIpc) is 2.82. The van der Waals surface area contributed by atoms with Crippen molar-refractivity contribution in [2.24, 2.45) is 11.7 Å². The van der Waals surface area contributed by atoms with Gasteiger partial charge in [0.25, 0.3) is 0 Å². The molecule has 3 N–H and O–H groups in total. The van der Waals surface area contributed by atoms with Crippen LogP contribution in [0.4, 0.5) is 0 Å². The smallest absolute Gasteiger partial charge is 0.339 e. The number of primary amides is 1. The summed E-state index contributed by atoms with van der Waals surface area (Å²) in [5, 5.41) is 2.68. The monoisotopic (exact) mass is 459 g/mol. The Hall–Kier alpha value is -3.24. The van der Waals surface area contributed by atoms with E-state index in [-0.39, 0.29) is 42.3 Å². The number of piperidine rings is 1. The first-order chi connectivity index (χ1) is 15.3. The lowest BCUT2D eigenvalue weighted by Crippen LogP contribution is -2.45. The van der Waals surface area contributed by atoms with E-state index in [1.165, 1.54) is 29.6 Å². The maximum absolute atomic E-state index is 13.1. The van der Waals surface area contributed by atoms with Crippen LogP contribution in [0.2, 0.25) is 0 Å². The zero-order valence-corrected chi connectivity index (χ0v) is 18.4. The summed E-state index contributed by atoms with van der Waals surface area (Å²) in [4.78, 5) is 36.5. The number of nitrogens with zero attached hydrogens (tertiary/aromatic N) is 1. The molecule has 1 saturated heterocycles. The Bertz CT molecular complexity index is 1100. The van der Waals surface area contributed by atoms with E-state index in [0.717, 1.165) is 0 Å². The fraction of sp³-hybridized carbons (Fsp3) is 0.318. The highest BCUT2D eigenvalue weighted by Gasteiger charge is 2.35. The minimum absolute atomic E-state index is 0.0398. The Balaban J connectivity index is 1.69. The van der Waals surface area contributed by atoms with Crippen molar-refractivity contribution in [1.82, 2.24) is 9.62 Å². The standard InChI is InChI=1S/C22H25N3O6S/c1-31-22(28)17-9-5-6-10-18(17)32(29,30)25-13-11-16(12-14-25)21(27)24-19(20(23)26)15-7-3-2-4-8-15/h2-10,16,19H,11-14H2,1H3,(H2,23,26)(H,24,27). The van der Waals surface area contributed by atoms with Crippen LogP contribution in [0, 0.1) is 5.92 Å². The molecule has 2 aromatic carbocycles. The van der Waals surface area contributed by atoms with Crippen molar-refractivity contribution < 1.29 is 27.5 Å². The van der Waals surface area contributed by atoms with Gasteiger partial charge >= 0.3 is 5.97 Å². The van der Waals surface area contributed by atoms with E-state index >= 15 is 0 Å². The first-order valence-corrected chi connectivity index (χ1v) is 11.5. The van der Waals surface area contributed by atoms with Crippen LogP contribution in [-0.4, -0.2) is 50.7 Å². The van der Waals surface area contributed by atoms with Crippen LogP contribution < -0.4 is 11.1 Å². The van der Waals surface area contributed by atoms with Crippen LogP contribution >= 0.6 is 0 Å². The maximum atomic E-state index is 13.1. The molecule has 1 aliphatic rings. The van der Waals surface area contributed by atoms with Gasteiger partial charge in [-0.1, -0.05) is 42.5 Å². The Morgan fingerprint density at radius 3 is 2.22 bits per heavy atom. The summed E-state index contributed by atoms with van der Waals surface area (Å²) >= 11 is 0. The first-order valence-electron chi connectivity index (χ1n) is 10.1. The van der Waals surface area contributed by atoms with E-state index in [4.69, 9.17) is 5.73 Å². The van der Waals surface area contributed by atoms with E-state index in [9.17, 15) is 22.8 Å². The van der Waals surface area contributed by atoms with Crippen LogP contribution in [0.3, 0.4) is 0 Å². The summed E-state index contributed by atoms with van der Waals surface area (Å²) < 4.78 is 32.2. The lowest BCUT2D eigenvalue weighted by atomic mass is 9.96. The lowest BCUT2D eigenvalue weighted by molar-refractivity contribution is -0.130. The van der Waals surface area contributed by atoms with Gasteiger partial charge in [-0.25, -0.2) is 13.2 Å². The molecule has 2 aromatic rings. The summed E-state index contributed by atoms with van der Waals surface area (Å²) in [6.45, 7) is 0.199. The molecule has 10 heteroatoms. The highest BCUT2D eigenvalue weighted by Crippen LogP contribution is 2.27. The molecule has 0 radical (unpaired) electrons. The van der Waals surface area contributed by atoms with Gasteiger partial charge in [0.1, 0.15) is 6.04 Å². The van der Waals surface area contributed by atoms with Gasteiger partial charge < -0.3 is 15.8 Å². The second-order valence-electron chi connectivity index (χ2n) is 7.42. The quantitative estimate of drug-likeness (QED) is 0.598.